The van der Waals surface area contributed by atoms with Crippen molar-refractivity contribution < 1.29 is 19.1 Å². The van der Waals surface area contributed by atoms with E-state index in [1.165, 1.54) is 43.1 Å². The molecule has 1 atom stereocenters. The number of nitriles is 1. The van der Waals surface area contributed by atoms with Crippen LogP contribution >= 0.6 is 34.8 Å². The lowest BCUT2D eigenvalue weighted by atomic mass is 10.0. The molecule has 0 saturated heterocycles. The number of ether oxygens (including phenoxy) is 1. The Hall–Kier alpha value is -2.79. The van der Waals surface area contributed by atoms with Gasteiger partial charge in [-0.1, -0.05) is 64.6 Å². The molecular weight excluding hydrogens is 489 g/mol. The van der Waals surface area contributed by atoms with Crippen molar-refractivity contribution >= 4 is 52.7 Å². The summed E-state index contributed by atoms with van der Waals surface area (Å²) in [5.41, 5.74) is 2.23. The van der Waals surface area contributed by atoms with Crippen molar-refractivity contribution in [1.29, 1.82) is 5.26 Å². The highest BCUT2D eigenvalue weighted by Gasteiger charge is 2.32. The first-order valence-electron chi connectivity index (χ1n) is 9.78. The van der Waals surface area contributed by atoms with Crippen LogP contribution in [0.15, 0.2) is 48.5 Å². The molecule has 0 bridgehead atoms. The zero-order chi connectivity index (χ0) is 24.8. The number of nitrogens with zero attached hydrogens (tertiary/aromatic N) is 3. The fourth-order valence-corrected chi connectivity index (χ4v) is 3.21. The van der Waals surface area contributed by atoms with Crippen molar-refractivity contribution in [1.82, 2.24) is 9.80 Å². The lowest BCUT2D eigenvalue weighted by Gasteiger charge is -2.33. The number of halogens is 3. The van der Waals surface area contributed by atoms with Gasteiger partial charge in [-0.3, -0.25) is 14.5 Å². The van der Waals surface area contributed by atoms with Gasteiger partial charge in [-0.05, 0) is 36.8 Å². The van der Waals surface area contributed by atoms with E-state index >= 15 is 0 Å². The van der Waals surface area contributed by atoms with Gasteiger partial charge in [0.05, 0.1) is 17.7 Å². The minimum absolute atomic E-state index is 0.0661. The van der Waals surface area contributed by atoms with Crippen molar-refractivity contribution in [3.63, 3.8) is 0 Å². The number of alkyl halides is 3. The van der Waals surface area contributed by atoms with Crippen molar-refractivity contribution in [3.8, 4) is 6.07 Å². The van der Waals surface area contributed by atoms with Crippen LogP contribution in [-0.2, 0) is 9.53 Å². The van der Waals surface area contributed by atoms with E-state index in [0.717, 1.165) is 10.5 Å². The number of rotatable bonds is 6. The number of amides is 3. The van der Waals surface area contributed by atoms with Gasteiger partial charge in [-0.25, -0.2) is 4.79 Å². The molecule has 0 aliphatic rings. The van der Waals surface area contributed by atoms with Crippen LogP contribution in [0, 0.1) is 18.3 Å². The van der Waals surface area contributed by atoms with Crippen LogP contribution < -0.4 is 0 Å². The largest absolute Gasteiger partial charge is 0.445 e. The summed E-state index contributed by atoms with van der Waals surface area (Å²) in [5, 5.41) is 9.00. The highest BCUT2D eigenvalue weighted by atomic mass is 35.6. The van der Waals surface area contributed by atoms with Crippen LogP contribution in [-0.4, -0.2) is 51.7 Å². The average Bonchev–Trinajstić information content (AvgIpc) is 2.76. The van der Waals surface area contributed by atoms with E-state index in [1.54, 1.807) is 12.1 Å². The van der Waals surface area contributed by atoms with E-state index in [4.69, 9.17) is 44.8 Å². The third-order valence-electron chi connectivity index (χ3n) is 4.71. The summed E-state index contributed by atoms with van der Waals surface area (Å²) in [6, 6.07) is 14.3. The number of imide groups is 1. The maximum atomic E-state index is 13.3. The summed E-state index contributed by atoms with van der Waals surface area (Å²) in [5.74, 6) is -1.08. The molecule has 0 aliphatic heterocycles. The van der Waals surface area contributed by atoms with Gasteiger partial charge >= 0.3 is 6.09 Å². The number of aryl methyl sites for hydroxylation is 1. The minimum Gasteiger partial charge on any atom is -0.445 e. The molecule has 0 spiro atoms. The molecular formula is C23H22Cl3N3O4. The topological polar surface area (TPSA) is 90.7 Å². The van der Waals surface area contributed by atoms with Crippen LogP contribution in [0.4, 0.5) is 4.79 Å². The first kappa shape index (κ1) is 26.5. The number of likely N-dealkylation sites (N-methyl/N-ethyl adjacent to an activating group) is 1. The van der Waals surface area contributed by atoms with E-state index in [2.05, 4.69) is 0 Å². The molecule has 0 saturated carbocycles. The second-order valence-corrected chi connectivity index (χ2v) is 9.88. The molecule has 0 aromatic heterocycles. The lowest BCUT2D eigenvalue weighted by molar-refractivity contribution is -0.128. The molecule has 2 aromatic carbocycles. The number of carbonyl (C=O) groups is 3. The first-order chi connectivity index (χ1) is 15.4. The minimum atomic E-state index is -1.77. The van der Waals surface area contributed by atoms with E-state index < -0.39 is 34.3 Å². The van der Waals surface area contributed by atoms with Crippen LogP contribution in [0.5, 0.6) is 0 Å². The zero-order valence-electron chi connectivity index (χ0n) is 18.2. The van der Waals surface area contributed by atoms with Crippen molar-refractivity contribution in [2.45, 2.75) is 23.7 Å². The van der Waals surface area contributed by atoms with Gasteiger partial charge in [0.25, 0.3) is 5.91 Å². The van der Waals surface area contributed by atoms with E-state index in [0.29, 0.717) is 11.1 Å². The molecule has 7 nitrogen and oxygen atoms in total. The van der Waals surface area contributed by atoms with E-state index in [1.807, 2.05) is 25.1 Å². The standard InChI is InChI=1S/C23H22Cl3N3O4/c1-15-4-8-18(9-5-15)20(13-28(3)22(32)33-14-23(24,25)26)29(16(2)30)21(31)19-10-6-17(12-27)7-11-19/h4-11,20H,13-14H2,1-3H3. The number of hydrogen-bond donors (Lipinski definition) is 0. The number of hydrogen-bond acceptors (Lipinski definition) is 5. The van der Waals surface area contributed by atoms with Gasteiger partial charge in [0.15, 0.2) is 0 Å². The molecule has 2 aromatic rings. The highest BCUT2D eigenvalue weighted by molar-refractivity contribution is 6.67. The molecule has 3 amide bonds. The average molecular weight is 511 g/mol. The predicted molar refractivity (Wildman–Crippen MR) is 126 cm³/mol. The van der Waals surface area contributed by atoms with Gasteiger partial charge in [0.2, 0.25) is 9.70 Å². The van der Waals surface area contributed by atoms with Gasteiger partial charge in [-0.15, -0.1) is 0 Å². The summed E-state index contributed by atoms with van der Waals surface area (Å²) < 4.78 is 3.23. The van der Waals surface area contributed by atoms with Crippen LogP contribution in [0.2, 0.25) is 0 Å². The van der Waals surface area contributed by atoms with Crippen molar-refractivity contribution in [2.24, 2.45) is 0 Å². The summed E-state index contributed by atoms with van der Waals surface area (Å²) in [6.07, 6.45) is -0.784. The smallest absolute Gasteiger partial charge is 0.409 e. The summed E-state index contributed by atoms with van der Waals surface area (Å²) in [7, 11) is 1.45. The van der Waals surface area contributed by atoms with Crippen molar-refractivity contribution in [2.75, 3.05) is 20.2 Å². The Bertz CT molecular complexity index is 1040. The van der Waals surface area contributed by atoms with E-state index in [9.17, 15) is 14.4 Å². The van der Waals surface area contributed by atoms with Gasteiger partial charge in [0.1, 0.15) is 6.61 Å². The van der Waals surface area contributed by atoms with E-state index in [-0.39, 0.29) is 12.1 Å². The molecule has 0 fully saturated rings. The van der Waals surface area contributed by atoms with Gasteiger partial charge < -0.3 is 9.64 Å². The molecule has 0 heterocycles. The Kier molecular flexibility index (Phi) is 9.12. The molecule has 0 aliphatic carbocycles. The quantitative estimate of drug-likeness (QED) is 0.508. The SMILES string of the molecule is CC(=O)N(C(=O)c1ccc(C#N)cc1)C(CN(C)C(=O)OCC(Cl)(Cl)Cl)c1ccc(C)cc1. The molecule has 2 rings (SSSR count). The molecule has 174 valence electrons. The predicted octanol–water partition coefficient (Wildman–Crippen LogP) is 5.04. The Labute approximate surface area is 207 Å². The van der Waals surface area contributed by atoms with Gasteiger partial charge in [0, 0.05) is 26.1 Å². The van der Waals surface area contributed by atoms with Crippen LogP contribution in [0.3, 0.4) is 0 Å². The molecule has 33 heavy (non-hydrogen) atoms. The van der Waals surface area contributed by atoms with Gasteiger partial charge in [-0.2, -0.15) is 5.26 Å². The summed E-state index contributed by atoms with van der Waals surface area (Å²) in [4.78, 5) is 40.6. The molecule has 0 N–H and O–H groups in total. The lowest BCUT2D eigenvalue weighted by Crippen LogP contribution is -2.44. The Morgan fingerprint density at radius 1 is 1.06 bits per heavy atom. The second-order valence-electron chi connectivity index (χ2n) is 7.36. The van der Waals surface area contributed by atoms with Crippen LogP contribution in [0.1, 0.15) is 40.0 Å². The first-order valence-corrected chi connectivity index (χ1v) is 10.9. The maximum Gasteiger partial charge on any atom is 0.409 e. The normalized spacial score (nSPS) is 11.8. The Morgan fingerprint density at radius 3 is 2.12 bits per heavy atom. The monoisotopic (exact) mass is 509 g/mol. The second kappa shape index (κ2) is 11.4. The third kappa shape index (κ3) is 7.64. The molecule has 1 unspecified atom stereocenters. The Balaban J connectivity index is 2.40. The van der Waals surface area contributed by atoms with Crippen molar-refractivity contribution in [3.05, 3.63) is 70.8 Å². The summed E-state index contributed by atoms with van der Waals surface area (Å²) in [6.45, 7) is 2.65. The fraction of sp³-hybridized carbons (Fsp3) is 0.304. The Morgan fingerprint density at radius 2 is 1.64 bits per heavy atom. The number of carbonyl (C=O) groups excluding carboxylic acids is 3. The molecule has 0 radical (unpaired) electrons. The highest BCUT2D eigenvalue weighted by Crippen LogP contribution is 2.27. The summed E-state index contributed by atoms with van der Waals surface area (Å²) >= 11 is 16.9. The fourth-order valence-electron chi connectivity index (χ4n) is 3.04. The molecule has 10 heteroatoms. The zero-order valence-corrected chi connectivity index (χ0v) is 20.5. The maximum absolute atomic E-state index is 13.3. The number of benzene rings is 2. The van der Waals surface area contributed by atoms with Crippen LogP contribution in [0.25, 0.3) is 0 Å². The third-order valence-corrected chi connectivity index (χ3v) is 5.04.